The molecule has 8 heteroatoms. The quantitative estimate of drug-likeness (QED) is 0.285. The van der Waals surface area contributed by atoms with Crippen LogP contribution in [0.3, 0.4) is 0 Å². The van der Waals surface area contributed by atoms with Crippen molar-refractivity contribution in [2.75, 3.05) is 99.2 Å². The van der Waals surface area contributed by atoms with Crippen molar-refractivity contribution in [3.63, 3.8) is 0 Å². The van der Waals surface area contributed by atoms with Gasteiger partial charge in [0.15, 0.2) is 0 Å². The smallest absolute Gasteiger partial charge is 0.113 e. The summed E-state index contributed by atoms with van der Waals surface area (Å²) in [5.41, 5.74) is 0. The largest absolute Gasteiger partial charge is 0.379 e. The number of alkyl halides is 1. The van der Waals surface area contributed by atoms with Crippen LogP contribution < -0.4 is 0 Å². The van der Waals surface area contributed by atoms with Crippen molar-refractivity contribution in [2.45, 2.75) is 6.92 Å². The molecular formula is C16H33FO7. The van der Waals surface area contributed by atoms with E-state index >= 15 is 0 Å². The summed E-state index contributed by atoms with van der Waals surface area (Å²) < 4.78 is 48.4. The van der Waals surface area contributed by atoms with Gasteiger partial charge < -0.3 is 33.2 Å². The summed E-state index contributed by atoms with van der Waals surface area (Å²) in [5.74, 6) is 0. The van der Waals surface area contributed by atoms with E-state index in [-0.39, 0.29) is 6.61 Å². The van der Waals surface area contributed by atoms with Crippen LogP contribution >= 0.6 is 0 Å². The number of hydrogen-bond donors (Lipinski definition) is 0. The fourth-order valence-electron chi connectivity index (χ4n) is 1.52. The molecule has 24 heavy (non-hydrogen) atoms. The third-order valence-electron chi connectivity index (χ3n) is 2.66. The summed E-state index contributed by atoms with van der Waals surface area (Å²) in [6, 6.07) is 0. The highest BCUT2D eigenvalue weighted by atomic mass is 19.1. The Morgan fingerprint density at radius 3 is 0.917 bits per heavy atom. The van der Waals surface area contributed by atoms with Crippen molar-refractivity contribution >= 4 is 0 Å². The number of ether oxygens (including phenoxy) is 7. The van der Waals surface area contributed by atoms with E-state index in [1.165, 1.54) is 0 Å². The van der Waals surface area contributed by atoms with Gasteiger partial charge in [0.05, 0.1) is 85.9 Å². The van der Waals surface area contributed by atoms with Crippen LogP contribution in [0.4, 0.5) is 4.39 Å². The van der Waals surface area contributed by atoms with Crippen molar-refractivity contribution in [2.24, 2.45) is 0 Å². The van der Waals surface area contributed by atoms with Gasteiger partial charge in [0, 0.05) is 6.61 Å². The van der Waals surface area contributed by atoms with Crippen LogP contribution in [0, 0.1) is 0 Å². The minimum Gasteiger partial charge on any atom is -0.379 e. The van der Waals surface area contributed by atoms with E-state index in [0.29, 0.717) is 85.9 Å². The predicted molar refractivity (Wildman–Crippen MR) is 87.4 cm³/mol. The fraction of sp³-hybridized carbons (Fsp3) is 1.00. The van der Waals surface area contributed by atoms with E-state index in [0.717, 1.165) is 0 Å². The molecule has 0 aromatic heterocycles. The van der Waals surface area contributed by atoms with E-state index in [1.54, 1.807) is 0 Å². The summed E-state index contributed by atoms with van der Waals surface area (Å²) >= 11 is 0. The molecule has 0 aliphatic heterocycles. The van der Waals surface area contributed by atoms with Crippen LogP contribution in [0.5, 0.6) is 0 Å². The average Bonchev–Trinajstić information content (AvgIpc) is 2.60. The Hall–Kier alpha value is -0.350. The molecule has 0 radical (unpaired) electrons. The molecule has 146 valence electrons. The number of hydrogen-bond acceptors (Lipinski definition) is 7. The Bertz CT molecular complexity index is 201. The molecule has 0 bridgehead atoms. The lowest BCUT2D eigenvalue weighted by atomic mass is 10.6. The summed E-state index contributed by atoms with van der Waals surface area (Å²) in [6.07, 6.45) is 0. The second-order valence-corrected chi connectivity index (χ2v) is 4.56. The SMILES string of the molecule is CCOCCOCCOCCOCCOCCOCCOCCF. The van der Waals surface area contributed by atoms with Crippen molar-refractivity contribution in [3.05, 3.63) is 0 Å². The van der Waals surface area contributed by atoms with Crippen LogP contribution in [-0.4, -0.2) is 99.2 Å². The summed E-state index contributed by atoms with van der Waals surface area (Å²) in [6.45, 7) is 8.63. The minimum absolute atomic E-state index is 0.127. The normalized spacial score (nSPS) is 11.2. The van der Waals surface area contributed by atoms with E-state index in [9.17, 15) is 4.39 Å². The van der Waals surface area contributed by atoms with Crippen molar-refractivity contribution in [1.82, 2.24) is 0 Å². The first-order valence-electron chi connectivity index (χ1n) is 8.52. The van der Waals surface area contributed by atoms with E-state index in [4.69, 9.17) is 33.2 Å². The molecule has 0 fully saturated rings. The molecule has 0 aromatic carbocycles. The standard InChI is InChI=1S/C16H33FO7/c1-2-18-5-6-20-9-10-22-13-14-24-16-15-23-12-11-21-8-7-19-4-3-17/h2-16H2,1H3. The molecule has 7 nitrogen and oxygen atoms in total. The number of rotatable bonds is 21. The first-order chi connectivity index (χ1) is 11.9. The second kappa shape index (κ2) is 22.6. The van der Waals surface area contributed by atoms with Crippen LogP contribution in [0.25, 0.3) is 0 Å². The Labute approximate surface area is 144 Å². The lowest BCUT2D eigenvalue weighted by molar-refractivity contribution is -0.0204. The second-order valence-electron chi connectivity index (χ2n) is 4.56. The van der Waals surface area contributed by atoms with Gasteiger partial charge >= 0.3 is 0 Å². The Balaban J connectivity index is 2.93. The lowest BCUT2D eigenvalue weighted by Gasteiger charge is -2.08. The van der Waals surface area contributed by atoms with Crippen molar-refractivity contribution in [3.8, 4) is 0 Å². The highest BCUT2D eigenvalue weighted by Crippen LogP contribution is 1.85. The Morgan fingerprint density at radius 1 is 0.417 bits per heavy atom. The summed E-state index contributed by atoms with van der Waals surface area (Å²) in [5, 5.41) is 0. The first kappa shape index (κ1) is 23.6. The third-order valence-corrected chi connectivity index (χ3v) is 2.66. The molecule has 0 N–H and O–H groups in total. The molecule has 0 aliphatic carbocycles. The first-order valence-corrected chi connectivity index (χ1v) is 8.52. The zero-order valence-corrected chi connectivity index (χ0v) is 14.8. The van der Waals surface area contributed by atoms with Crippen LogP contribution in [-0.2, 0) is 33.2 Å². The molecule has 0 saturated carbocycles. The van der Waals surface area contributed by atoms with Gasteiger partial charge in [-0.3, -0.25) is 0 Å². The third kappa shape index (κ3) is 21.6. The van der Waals surface area contributed by atoms with Gasteiger partial charge in [-0.05, 0) is 6.92 Å². The molecule has 0 unspecified atom stereocenters. The molecule has 0 aromatic rings. The van der Waals surface area contributed by atoms with Gasteiger partial charge in [0.25, 0.3) is 0 Å². The van der Waals surface area contributed by atoms with Crippen LogP contribution in [0.1, 0.15) is 6.92 Å². The Kier molecular flexibility index (Phi) is 22.3. The van der Waals surface area contributed by atoms with E-state index < -0.39 is 6.67 Å². The summed E-state index contributed by atoms with van der Waals surface area (Å²) in [4.78, 5) is 0. The van der Waals surface area contributed by atoms with Gasteiger partial charge in [-0.15, -0.1) is 0 Å². The van der Waals surface area contributed by atoms with Gasteiger partial charge in [-0.1, -0.05) is 0 Å². The zero-order chi connectivity index (χ0) is 17.6. The monoisotopic (exact) mass is 356 g/mol. The maximum atomic E-state index is 11.7. The molecular weight excluding hydrogens is 323 g/mol. The van der Waals surface area contributed by atoms with Crippen molar-refractivity contribution < 1.29 is 37.5 Å². The van der Waals surface area contributed by atoms with Gasteiger partial charge in [0.1, 0.15) is 6.67 Å². The lowest BCUT2D eigenvalue weighted by Crippen LogP contribution is -2.14. The van der Waals surface area contributed by atoms with Gasteiger partial charge in [-0.2, -0.15) is 0 Å². The molecule has 0 aliphatic rings. The van der Waals surface area contributed by atoms with Gasteiger partial charge in [-0.25, -0.2) is 4.39 Å². The molecule has 0 atom stereocenters. The Morgan fingerprint density at radius 2 is 0.667 bits per heavy atom. The van der Waals surface area contributed by atoms with Crippen molar-refractivity contribution in [1.29, 1.82) is 0 Å². The highest BCUT2D eigenvalue weighted by molar-refractivity contribution is 4.37. The summed E-state index contributed by atoms with van der Waals surface area (Å²) in [7, 11) is 0. The molecule has 0 saturated heterocycles. The van der Waals surface area contributed by atoms with Crippen LogP contribution in [0.15, 0.2) is 0 Å². The molecule has 0 spiro atoms. The predicted octanol–water partition coefficient (Wildman–Crippen LogP) is 1.09. The average molecular weight is 356 g/mol. The van der Waals surface area contributed by atoms with Gasteiger partial charge in [0.2, 0.25) is 0 Å². The maximum absolute atomic E-state index is 11.7. The zero-order valence-electron chi connectivity index (χ0n) is 14.8. The highest BCUT2D eigenvalue weighted by Gasteiger charge is 1.94. The van der Waals surface area contributed by atoms with E-state index in [1.807, 2.05) is 6.92 Å². The minimum atomic E-state index is -0.462. The van der Waals surface area contributed by atoms with Crippen LogP contribution in [0.2, 0.25) is 0 Å². The number of halogens is 1. The fourth-order valence-corrected chi connectivity index (χ4v) is 1.52. The topological polar surface area (TPSA) is 64.6 Å². The molecule has 0 rings (SSSR count). The molecule has 0 heterocycles. The van der Waals surface area contributed by atoms with E-state index in [2.05, 4.69) is 0 Å². The maximum Gasteiger partial charge on any atom is 0.113 e. The molecule has 0 amide bonds.